The number of sulfonamides is 1. The molecule has 0 aromatic carbocycles. The summed E-state index contributed by atoms with van der Waals surface area (Å²) in [4.78, 5) is 14.8. The predicted octanol–water partition coefficient (Wildman–Crippen LogP) is 0.902. The minimum absolute atomic E-state index is 0. The molecule has 9 heteroatoms. The first-order chi connectivity index (χ1) is 9.47. The molecule has 1 aliphatic rings. The Hall–Kier alpha value is -0.670. The maximum Gasteiger partial charge on any atom is 0.264 e. The summed E-state index contributed by atoms with van der Waals surface area (Å²) in [7, 11) is -0.232. The van der Waals surface area contributed by atoms with Crippen LogP contribution < -0.4 is 10.0 Å². The van der Waals surface area contributed by atoms with E-state index in [-0.39, 0.29) is 23.2 Å². The Balaban J connectivity index is 0.00000220. The first kappa shape index (κ1) is 18.4. The molecule has 1 unspecified atom stereocenters. The Kier molecular flexibility index (Phi) is 6.61. The van der Waals surface area contributed by atoms with Crippen molar-refractivity contribution in [3.05, 3.63) is 16.3 Å². The van der Waals surface area contributed by atoms with Crippen LogP contribution in [0, 0.1) is 0 Å². The third kappa shape index (κ3) is 4.17. The molecule has 1 aromatic rings. The van der Waals surface area contributed by atoms with Gasteiger partial charge in [0.25, 0.3) is 5.91 Å². The molecule has 2 N–H and O–H groups in total. The van der Waals surface area contributed by atoms with Crippen LogP contribution in [0.2, 0.25) is 0 Å². The van der Waals surface area contributed by atoms with E-state index in [1.807, 2.05) is 7.05 Å². The van der Waals surface area contributed by atoms with Crippen molar-refractivity contribution in [2.75, 3.05) is 27.2 Å². The topological polar surface area (TPSA) is 78.5 Å². The molecular formula is C12H20ClN3O3S2. The molecule has 1 fully saturated rings. The summed E-state index contributed by atoms with van der Waals surface area (Å²) in [6.45, 7) is 1.39. The lowest BCUT2D eigenvalue weighted by atomic mass is 10.1. The molecule has 0 spiro atoms. The number of thiophene rings is 1. The van der Waals surface area contributed by atoms with Crippen molar-refractivity contribution in [3.63, 3.8) is 0 Å². The van der Waals surface area contributed by atoms with Crippen molar-refractivity contribution in [2.24, 2.45) is 0 Å². The summed E-state index contributed by atoms with van der Waals surface area (Å²) in [5, 5.41) is 4.68. The van der Waals surface area contributed by atoms with Gasteiger partial charge in [-0.25, -0.2) is 13.1 Å². The highest BCUT2D eigenvalue weighted by Crippen LogP contribution is 2.22. The van der Waals surface area contributed by atoms with Gasteiger partial charge in [0.2, 0.25) is 10.0 Å². The van der Waals surface area contributed by atoms with Gasteiger partial charge in [-0.05, 0) is 33.0 Å². The van der Waals surface area contributed by atoms with Gasteiger partial charge in [0, 0.05) is 24.5 Å². The number of likely N-dealkylation sites (N-methyl/N-ethyl adjacent to an activating group) is 1. The quantitative estimate of drug-likeness (QED) is 0.843. The highest BCUT2D eigenvalue weighted by Gasteiger charge is 2.25. The fraction of sp³-hybridized carbons (Fsp3) is 0.583. The fourth-order valence-electron chi connectivity index (χ4n) is 2.24. The van der Waals surface area contributed by atoms with E-state index in [0.717, 1.165) is 19.4 Å². The summed E-state index contributed by atoms with van der Waals surface area (Å²) in [6.07, 6.45) is 2.02. The van der Waals surface area contributed by atoms with Crippen LogP contribution in [0.3, 0.4) is 0 Å². The molecule has 1 aliphatic heterocycles. The van der Waals surface area contributed by atoms with Crippen LogP contribution in [0.15, 0.2) is 16.3 Å². The van der Waals surface area contributed by atoms with Crippen molar-refractivity contribution in [2.45, 2.75) is 23.8 Å². The van der Waals surface area contributed by atoms with E-state index < -0.39 is 10.0 Å². The molecule has 1 amide bonds. The summed E-state index contributed by atoms with van der Waals surface area (Å²) in [6, 6.07) is 1.76. The molecule has 1 aromatic heterocycles. The number of hydrogen-bond donors (Lipinski definition) is 2. The second kappa shape index (κ2) is 7.55. The SMILES string of the molecule is CNC1CCCN(C(=O)c2cc(S(=O)(=O)NC)cs2)C1.Cl. The largest absolute Gasteiger partial charge is 0.336 e. The molecule has 0 aliphatic carbocycles. The molecule has 120 valence electrons. The third-order valence-corrected chi connectivity index (χ3v) is 5.94. The highest BCUT2D eigenvalue weighted by molar-refractivity contribution is 7.89. The van der Waals surface area contributed by atoms with Crippen LogP contribution in [0.4, 0.5) is 0 Å². The smallest absolute Gasteiger partial charge is 0.264 e. The van der Waals surface area contributed by atoms with Gasteiger partial charge in [0.05, 0.1) is 9.77 Å². The zero-order valence-corrected chi connectivity index (χ0v) is 14.4. The van der Waals surface area contributed by atoms with Crippen LogP contribution in [-0.4, -0.2) is 52.5 Å². The zero-order chi connectivity index (χ0) is 14.8. The summed E-state index contributed by atoms with van der Waals surface area (Å²) in [5.74, 6) is -0.0903. The summed E-state index contributed by atoms with van der Waals surface area (Å²) < 4.78 is 25.6. The molecule has 6 nitrogen and oxygen atoms in total. The monoisotopic (exact) mass is 353 g/mol. The van der Waals surface area contributed by atoms with Gasteiger partial charge < -0.3 is 10.2 Å². The average Bonchev–Trinajstić information content (AvgIpc) is 2.97. The van der Waals surface area contributed by atoms with Gasteiger partial charge in [-0.3, -0.25) is 4.79 Å². The molecule has 2 heterocycles. The van der Waals surface area contributed by atoms with Gasteiger partial charge in [-0.1, -0.05) is 0 Å². The van der Waals surface area contributed by atoms with E-state index in [1.54, 1.807) is 4.90 Å². The van der Waals surface area contributed by atoms with Gasteiger partial charge in [-0.2, -0.15) is 0 Å². The summed E-state index contributed by atoms with van der Waals surface area (Å²) in [5.41, 5.74) is 0. The minimum atomic E-state index is -3.48. The first-order valence-corrected chi connectivity index (χ1v) is 8.83. The van der Waals surface area contributed by atoms with E-state index >= 15 is 0 Å². The Bertz CT molecular complexity index is 588. The number of nitrogens with one attached hydrogen (secondary N) is 2. The Labute approximate surface area is 135 Å². The van der Waals surface area contributed by atoms with Crippen LogP contribution in [-0.2, 0) is 10.0 Å². The number of hydrogen-bond acceptors (Lipinski definition) is 5. The van der Waals surface area contributed by atoms with Gasteiger partial charge >= 0.3 is 0 Å². The fourth-order valence-corrected chi connectivity index (χ4v) is 4.21. The van der Waals surface area contributed by atoms with E-state index in [4.69, 9.17) is 0 Å². The summed E-state index contributed by atoms with van der Waals surface area (Å²) >= 11 is 1.17. The number of carbonyl (C=O) groups is 1. The van der Waals surface area contributed by atoms with E-state index in [9.17, 15) is 13.2 Å². The third-order valence-electron chi connectivity index (χ3n) is 3.48. The van der Waals surface area contributed by atoms with Crippen molar-refractivity contribution >= 4 is 39.7 Å². The number of rotatable bonds is 4. The molecule has 1 saturated heterocycles. The number of amides is 1. The molecule has 0 bridgehead atoms. The number of nitrogens with zero attached hydrogens (tertiary/aromatic N) is 1. The zero-order valence-electron chi connectivity index (χ0n) is 12.0. The van der Waals surface area contributed by atoms with Crippen LogP contribution in [0.5, 0.6) is 0 Å². The van der Waals surface area contributed by atoms with Gasteiger partial charge in [-0.15, -0.1) is 23.7 Å². The average molecular weight is 354 g/mol. The highest BCUT2D eigenvalue weighted by atomic mass is 35.5. The lowest BCUT2D eigenvalue weighted by Gasteiger charge is -2.32. The molecular weight excluding hydrogens is 334 g/mol. The maximum absolute atomic E-state index is 12.4. The second-order valence-corrected chi connectivity index (χ2v) is 7.53. The lowest BCUT2D eigenvalue weighted by molar-refractivity contribution is 0.0703. The van der Waals surface area contributed by atoms with E-state index in [1.165, 1.54) is 29.8 Å². The Morgan fingerprint density at radius 2 is 2.14 bits per heavy atom. The number of piperidine rings is 1. The molecule has 2 rings (SSSR count). The Morgan fingerprint density at radius 1 is 1.43 bits per heavy atom. The molecule has 0 radical (unpaired) electrons. The standard InChI is InChI=1S/C12H19N3O3S2.ClH/c1-13-9-4-3-5-15(7-9)12(16)11-6-10(8-19-11)20(17,18)14-2;/h6,8-9,13-14H,3-5,7H2,1-2H3;1H. The Morgan fingerprint density at radius 3 is 2.76 bits per heavy atom. The van der Waals surface area contributed by atoms with Crippen LogP contribution in [0.25, 0.3) is 0 Å². The van der Waals surface area contributed by atoms with Crippen molar-refractivity contribution in [3.8, 4) is 0 Å². The van der Waals surface area contributed by atoms with Crippen LogP contribution >= 0.6 is 23.7 Å². The number of likely N-dealkylation sites (tertiary alicyclic amines) is 1. The lowest BCUT2D eigenvalue weighted by Crippen LogP contribution is -2.46. The second-order valence-electron chi connectivity index (χ2n) is 4.73. The predicted molar refractivity (Wildman–Crippen MR) is 85.8 cm³/mol. The minimum Gasteiger partial charge on any atom is -0.336 e. The van der Waals surface area contributed by atoms with Crippen molar-refractivity contribution in [1.82, 2.24) is 14.9 Å². The normalized spacial score (nSPS) is 19.1. The molecule has 0 saturated carbocycles. The van der Waals surface area contributed by atoms with Crippen molar-refractivity contribution < 1.29 is 13.2 Å². The first-order valence-electron chi connectivity index (χ1n) is 6.46. The van der Waals surface area contributed by atoms with Crippen LogP contribution in [0.1, 0.15) is 22.5 Å². The molecule has 21 heavy (non-hydrogen) atoms. The van der Waals surface area contributed by atoms with Crippen molar-refractivity contribution in [1.29, 1.82) is 0 Å². The van der Waals surface area contributed by atoms with Gasteiger partial charge in [0.15, 0.2) is 0 Å². The maximum atomic E-state index is 12.4. The number of carbonyl (C=O) groups excluding carboxylic acids is 1. The number of halogens is 1. The van der Waals surface area contributed by atoms with E-state index in [2.05, 4.69) is 10.0 Å². The molecule has 1 atom stereocenters. The van der Waals surface area contributed by atoms with Gasteiger partial charge in [0.1, 0.15) is 0 Å². The van der Waals surface area contributed by atoms with E-state index in [0.29, 0.717) is 17.5 Å².